The second kappa shape index (κ2) is 5.70. The van der Waals surface area contributed by atoms with Crippen LogP contribution in [-0.4, -0.2) is 17.1 Å². The fourth-order valence-electron chi connectivity index (χ4n) is 1.44. The smallest absolute Gasteiger partial charge is 0.195 e. The minimum absolute atomic E-state index is 0.474. The third kappa shape index (κ3) is 2.72. The number of hydrogen-bond acceptors (Lipinski definition) is 6. The summed E-state index contributed by atoms with van der Waals surface area (Å²) >= 11 is 1.51. The number of aromatic nitrogens is 2. The molecule has 3 N–H and O–H groups in total. The molecule has 0 aliphatic rings. The molecule has 94 valence electrons. The lowest BCUT2D eigenvalue weighted by atomic mass is 10.2. The highest BCUT2D eigenvalue weighted by molar-refractivity contribution is 7.99. The van der Waals surface area contributed by atoms with Gasteiger partial charge in [0.05, 0.1) is 7.11 Å². The molecule has 0 saturated heterocycles. The highest BCUT2D eigenvalue weighted by atomic mass is 32.2. The van der Waals surface area contributed by atoms with Gasteiger partial charge in [-0.15, -0.1) is 0 Å². The molecule has 1 aromatic heterocycles. The lowest BCUT2D eigenvalue weighted by Crippen LogP contribution is -2.10. The van der Waals surface area contributed by atoms with Crippen LogP contribution < -0.4 is 16.0 Å². The maximum absolute atomic E-state index is 5.38. The minimum Gasteiger partial charge on any atom is -0.490 e. The van der Waals surface area contributed by atoms with Crippen LogP contribution in [0.1, 0.15) is 5.56 Å². The number of benzene rings is 1. The molecule has 18 heavy (non-hydrogen) atoms. The Labute approximate surface area is 110 Å². The van der Waals surface area contributed by atoms with Crippen molar-refractivity contribution in [2.45, 2.75) is 16.8 Å². The summed E-state index contributed by atoms with van der Waals surface area (Å²) in [6.45, 7) is 2.05. The predicted octanol–water partition coefficient (Wildman–Crippen LogP) is 2.23. The van der Waals surface area contributed by atoms with E-state index in [-0.39, 0.29) is 0 Å². The van der Waals surface area contributed by atoms with Crippen molar-refractivity contribution >= 4 is 17.6 Å². The number of anilines is 1. The van der Waals surface area contributed by atoms with Gasteiger partial charge in [0.2, 0.25) is 0 Å². The van der Waals surface area contributed by atoms with E-state index >= 15 is 0 Å². The number of methoxy groups -OCH3 is 1. The maximum Gasteiger partial charge on any atom is 0.195 e. The van der Waals surface area contributed by atoms with Crippen LogP contribution >= 0.6 is 11.8 Å². The van der Waals surface area contributed by atoms with E-state index in [2.05, 4.69) is 34.5 Å². The molecule has 0 bridgehead atoms. The molecular formula is C12H14N4OS. The Morgan fingerprint density at radius 1 is 1.22 bits per heavy atom. The molecule has 0 spiro atoms. The zero-order chi connectivity index (χ0) is 13.0. The molecular weight excluding hydrogens is 248 g/mol. The van der Waals surface area contributed by atoms with Crippen molar-refractivity contribution in [1.82, 2.24) is 9.97 Å². The molecule has 0 aliphatic carbocycles. The third-order valence-corrected chi connectivity index (χ3v) is 3.34. The Morgan fingerprint density at radius 2 is 1.94 bits per heavy atom. The summed E-state index contributed by atoms with van der Waals surface area (Å²) < 4.78 is 5.27. The van der Waals surface area contributed by atoms with E-state index in [1.54, 1.807) is 7.11 Å². The Hall–Kier alpha value is -1.79. The molecule has 0 saturated carbocycles. The van der Waals surface area contributed by atoms with E-state index < -0.39 is 0 Å². The van der Waals surface area contributed by atoms with Crippen molar-refractivity contribution in [3.8, 4) is 5.75 Å². The summed E-state index contributed by atoms with van der Waals surface area (Å²) in [5.74, 6) is 6.40. The van der Waals surface area contributed by atoms with Gasteiger partial charge in [-0.2, -0.15) is 0 Å². The summed E-state index contributed by atoms with van der Waals surface area (Å²) in [6, 6.07) is 8.18. The average Bonchev–Trinajstić information content (AvgIpc) is 2.41. The third-order valence-electron chi connectivity index (χ3n) is 2.35. The molecule has 0 amide bonds. The van der Waals surface area contributed by atoms with Crippen molar-refractivity contribution < 1.29 is 4.74 Å². The number of ether oxygens (including phenoxy) is 1. The quantitative estimate of drug-likeness (QED) is 0.500. The first-order valence-corrected chi connectivity index (χ1v) is 6.16. The Bertz CT molecular complexity index is 530. The van der Waals surface area contributed by atoms with E-state index in [4.69, 9.17) is 10.6 Å². The lowest BCUT2D eigenvalue weighted by Gasteiger charge is -2.10. The Balaban J connectivity index is 2.31. The van der Waals surface area contributed by atoms with Crippen LogP contribution in [0.4, 0.5) is 5.82 Å². The molecule has 6 heteroatoms. The number of nitrogen functional groups attached to an aromatic ring is 1. The second-order valence-corrected chi connectivity index (χ2v) is 4.68. The highest BCUT2D eigenvalue weighted by Gasteiger charge is 2.12. The number of aryl methyl sites for hydroxylation is 1. The zero-order valence-corrected chi connectivity index (χ0v) is 11.0. The second-order valence-electron chi connectivity index (χ2n) is 3.62. The fraction of sp³-hybridized carbons (Fsp3) is 0.167. The lowest BCUT2D eigenvalue weighted by molar-refractivity contribution is 0.400. The first-order valence-electron chi connectivity index (χ1n) is 5.34. The van der Waals surface area contributed by atoms with Crippen LogP contribution in [0, 0.1) is 6.92 Å². The number of rotatable bonds is 4. The van der Waals surface area contributed by atoms with Gasteiger partial charge in [-0.3, -0.25) is 0 Å². The van der Waals surface area contributed by atoms with Crippen LogP contribution in [0.15, 0.2) is 40.5 Å². The molecule has 5 nitrogen and oxygen atoms in total. The van der Waals surface area contributed by atoms with E-state index in [0.29, 0.717) is 11.6 Å². The monoisotopic (exact) mass is 262 g/mol. The van der Waals surface area contributed by atoms with Crippen LogP contribution in [-0.2, 0) is 0 Å². The standard InChI is InChI=1S/C12H14N4OS/c1-8-3-5-9(6-4-8)18-12-10(17-2)11(16-13)14-7-15-12/h3-7H,13H2,1-2H3,(H,14,15,16). The van der Waals surface area contributed by atoms with E-state index in [9.17, 15) is 0 Å². The number of hydrogen-bond donors (Lipinski definition) is 2. The summed E-state index contributed by atoms with van der Waals surface area (Å²) in [4.78, 5) is 9.29. The molecule has 2 aromatic rings. The molecule has 0 fully saturated rings. The van der Waals surface area contributed by atoms with Crippen molar-refractivity contribution in [1.29, 1.82) is 0 Å². The van der Waals surface area contributed by atoms with E-state index in [1.165, 1.54) is 23.7 Å². The first kappa shape index (κ1) is 12.7. The highest BCUT2D eigenvalue weighted by Crippen LogP contribution is 2.36. The SMILES string of the molecule is COc1c(NN)ncnc1Sc1ccc(C)cc1. The molecule has 1 aromatic carbocycles. The van der Waals surface area contributed by atoms with Gasteiger partial charge in [0.15, 0.2) is 11.6 Å². The van der Waals surface area contributed by atoms with Crippen molar-refractivity contribution in [2.75, 3.05) is 12.5 Å². The van der Waals surface area contributed by atoms with Crippen LogP contribution in [0.5, 0.6) is 5.75 Å². The Kier molecular flexibility index (Phi) is 4.01. The van der Waals surface area contributed by atoms with Gasteiger partial charge in [0.1, 0.15) is 11.4 Å². The summed E-state index contributed by atoms with van der Waals surface area (Å²) in [7, 11) is 1.57. The number of nitrogens with one attached hydrogen (secondary N) is 1. The molecule has 0 aliphatic heterocycles. The normalized spacial score (nSPS) is 10.2. The number of nitrogens with zero attached hydrogens (tertiary/aromatic N) is 2. The summed E-state index contributed by atoms with van der Waals surface area (Å²) in [5.41, 5.74) is 3.71. The van der Waals surface area contributed by atoms with Crippen LogP contribution in [0.25, 0.3) is 0 Å². The fourth-order valence-corrected chi connectivity index (χ4v) is 2.30. The minimum atomic E-state index is 0.474. The largest absolute Gasteiger partial charge is 0.490 e. The predicted molar refractivity (Wildman–Crippen MR) is 71.7 cm³/mol. The molecule has 1 heterocycles. The van der Waals surface area contributed by atoms with Crippen LogP contribution in [0.2, 0.25) is 0 Å². The average molecular weight is 262 g/mol. The molecule has 2 rings (SSSR count). The summed E-state index contributed by atoms with van der Waals surface area (Å²) in [5, 5.41) is 0.726. The van der Waals surface area contributed by atoms with Gasteiger partial charge in [-0.05, 0) is 19.1 Å². The number of hydrazine groups is 1. The van der Waals surface area contributed by atoms with Gasteiger partial charge in [0, 0.05) is 4.90 Å². The first-order chi connectivity index (χ1) is 8.74. The van der Waals surface area contributed by atoms with Gasteiger partial charge in [0.25, 0.3) is 0 Å². The molecule has 0 unspecified atom stereocenters. The van der Waals surface area contributed by atoms with Gasteiger partial charge >= 0.3 is 0 Å². The molecule has 0 atom stereocenters. The zero-order valence-electron chi connectivity index (χ0n) is 10.2. The van der Waals surface area contributed by atoms with E-state index in [0.717, 1.165) is 9.92 Å². The van der Waals surface area contributed by atoms with Gasteiger partial charge in [-0.1, -0.05) is 29.5 Å². The molecule has 0 radical (unpaired) electrons. The Morgan fingerprint density at radius 3 is 2.56 bits per heavy atom. The van der Waals surface area contributed by atoms with Crippen molar-refractivity contribution in [3.63, 3.8) is 0 Å². The number of nitrogens with two attached hydrogens (primary N) is 1. The van der Waals surface area contributed by atoms with Crippen molar-refractivity contribution in [3.05, 3.63) is 36.2 Å². The van der Waals surface area contributed by atoms with Crippen molar-refractivity contribution in [2.24, 2.45) is 5.84 Å². The van der Waals surface area contributed by atoms with Crippen LogP contribution in [0.3, 0.4) is 0 Å². The topological polar surface area (TPSA) is 73.1 Å². The maximum atomic E-state index is 5.38. The van der Waals surface area contributed by atoms with E-state index in [1.807, 2.05) is 12.1 Å². The summed E-state index contributed by atoms with van der Waals surface area (Å²) in [6.07, 6.45) is 1.45. The van der Waals surface area contributed by atoms with Gasteiger partial charge < -0.3 is 10.2 Å². The van der Waals surface area contributed by atoms with Gasteiger partial charge in [-0.25, -0.2) is 15.8 Å².